The molecule has 3 heterocycles. The summed E-state index contributed by atoms with van der Waals surface area (Å²) in [5.41, 5.74) is 2.32. The van der Waals surface area contributed by atoms with E-state index >= 15 is 0 Å². The van der Waals surface area contributed by atoms with E-state index in [2.05, 4.69) is 20.2 Å². The summed E-state index contributed by atoms with van der Waals surface area (Å²) in [4.78, 5) is 7.58. The van der Waals surface area contributed by atoms with Gasteiger partial charge in [-0.25, -0.2) is 9.97 Å². The second-order valence-corrected chi connectivity index (χ2v) is 3.07. The van der Waals surface area contributed by atoms with Crippen molar-refractivity contribution in [1.82, 2.24) is 24.8 Å². The molecule has 0 aliphatic heterocycles. The lowest BCUT2D eigenvalue weighted by molar-refractivity contribution is 0.584. The second kappa shape index (κ2) is 2.88. The van der Waals surface area contributed by atoms with E-state index in [0.717, 1.165) is 11.3 Å². The Morgan fingerprint density at radius 3 is 2.93 bits per heavy atom. The summed E-state index contributed by atoms with van der Waals surface area (Å²) < 4.78 is 14.1. The van der Waals surface area contributed by atoms with E-state index in [9.17, 15) is 4.39 Å². The number of halogens is 1. The molecule has 0 amide bonds. The van der Waals surface area contributed by atoms with Crippen LogP contribution < -0.4 is 0 Å². The highest BCUT2D eigenvalue weighted by Crippen LogP contribution is 2.17. The Labute approximate surface area is 83.6 Å². The number of rotatable bonds is 1. The van der Waals surface area contributed by atoms with Crippen LogP contribution in [0.25, 0.3) is 16.9 Å². The molecule has 0 aliphatic carbocycles. The van der Waals surface area contributed by atoms with Gasteiger partial charge in [0.05, 0.1) is 5.69 Å². The van der Waals surface area contributed by atoms with Gasteiger partial charge in [-0.15, -0.1) is 5.10 Å². The van der Waals surface area contributed by atoms with Crippen molar-refractivity contribution in [3.63, 3.8) is 0 Å². The van der Waals surface area contributed by atoms with E-state index in [-0.39, 0.29) is 0 Å². The zero-order valence-corrected chi connectivity index (χ0v) is 7.55. The third kappa shape index (κ3) is 1.26. The molecule has 6 heteroatoms. The maximum atomic E-state index is 12.6. The van der Waals surface area contributed by atoms with Crippen LogP contribution in [0.3, 0.4) is 0 Å². The second-order valence-electron chi connectivity index (χ2n) is 3.07. The molecule has 0 saturated carbocycles. The van der Waals surface area contributed by atoms with Gasteiger partial charge in [0.1, 0.15) is 6.33 Å². The predicted molar refractivity (Wildman–Crippen MR) is 50.5 cm³/mol. The number of nitrogens with one attached hydrogen (secondary N) is 1. The molecule has 5 nitrogen and oxygen atoms in total. The van der Waals surface area contributed by atoms with Crippen molar-refractivity contribution in [2.24, 2.45) is 0 Å². The topological polar surface area (TPSA) is 58.9 Å². The maximum Gasteiger partial charge on any atom is 0.212 e. The van der Waals surface area contributed by atoms with Crippen molar-refractivity contribution in [1.29, 1.82) is 0 Å². The van der Waals surface area contributed by atoms with E-state index in [1.165, 1.54) is 18.6 Å². The molecule has 0 unspecified atom stereocenters. The van der Waals surface area contributed by atoms with Crippen LogP contribution in [-0.2, 0) is 0 Å². The average Bonchev–Trinajstić information content (AvgIpc) is 2.78. The summed E-state index contributed by atoms with van der Waals surface area (Å²) >= 11 is 0. The zero-order valence-electron chi connectivity index (χ0n) is 7.55. The first-order chi connectivity index (χ1) is 7.33. The largest absolute Gasteiger partial charge is 0.276 e. The highest BCUT2D eigenvalue weighted by Gasteiger charge is 2.04. The van der Waals surface area contributed by atoms with E-state index in [0.29, 0.717) is 5.65 Å². The summed E-state index contributed by atoms with van der Waals surface area (Å²) in [5.74, 6) is -0.492. The molecule has 0 fully saturated rings. The summed E-state index contributed by atoms with van der Waals surface area (Å²) in [6.07, 6.45) is 2.92. The molecule has 1 N–H and O–H groups in total. The molecule has 0 aromatic carbocycles. The minimum atomic E-state index is -0.492. The van der Waals surface area contributed by atoms with Crippen LogP contribution in [-0.4, -0.2) is 24.8 Å². The van der Waals surface area contributed by atoms with Crippen LogP contribution in [0.5, 0.6) is 0 Å². The Bertz CT molecular complexity index is 566. The maximum absolute atomic E-state index is 12.6. The highest BCUT2D eigenvalue weighted by molar-refractivity contribution is 5.62. The van der Waals surface area contributed by atoms with E-state index in [1.807, 2.05) is 6.07 Å². The van der Waals surface area contributed by atoms with Crippen LogP contribution in [0.15, 0.2) is 30.7 Å². The molecule has 0 saturated heterocycles. The number of fused-ring (bicyclic) bond motifs is 1. The number of H-pyrrole nitrogens is 1. The molecule has 15 heavy (non-hydrogen) atoms. The molecule has 0 radical (unpaired) electrons. The molecule has 3 rings (SSSR count). The molecule has 0 bridgehead atoms. The lowest BCUT2D eigenvalue weighted by Crippen LogP contribution is -1.87. The highest BCUT2D eigenvalue weighted by atomic mass is 19.1. The Morgan fingerprint density at radius 1 is 1.27 bits per heavy atom. The van der Waals surface area contributed by atoms with Crippen LogP contribution in [0.1, 0.15) is 0 Å². The van der Waals surface area contributed by atoms with Gasteiger partial charge in [0.15, 0.2) is 5.65 Å². The van der Waals surface area contributed by atoms with E-state index < -0.39 is 5.95 Å². The number of nitrogens with zero attached hydrogens (tertiary/aromatic N) is 4. The summed E-state index contributed by atoms with van der Waals surface area (Å²) in [6.45, 7) is 0. The standard InChI is InChI=1S/C9H6FN5/c10-8-2-1-6(4-11-8)7-3-9-12-5-13-15(9)14-7/h1-5,14H. The van der Waals surface area contributed by atoms with Gasteiger partial charge in [0.25, 0.3) is 0 Å². The lowest BCUT2D eigenvalue weighted by atomic mass is 10.2. The fraction of sp³-hybridized carbons (Fsp3) is 0. The fourth-order valence-electron chi connectivity index (χ4n) is 1.39. The first-order valence-electron chi connectivity index (χ1n) is 4.33. The third-order valence-corrected chi connectivity index (χ3v) is 2.11. The van der Waals surface area contributed by atoms with Gasteiger partial charge < -0.3 is 0 Å². The van der Waals surface area contributed by atoms with E-state index in [1.54, 1.807) is 10.7 Å². The van der Waals surface area contributed by atoms with Gasteiger partial charge in [-0.05, 0) is 12.1 Å². The van der Waals surface area contributed by atoms with Gasteiger partial charge in [-0.2, -0.15) is 9.02 Å². The number of hydrogen-bond acceptors (Lipinski definition) is 3. The number of aromatic nitrogens is 5. The van der Waals surface area contributed by atoms with Gasteiger partial charge in [0.2, 0.25) is 5.95 Å². The first kappa shape index (κ1) is 8.10. The molecule has 3 aromatic rings. The smallest absolute Gasteiger partial charge is 0.212 e. The predicted octanol–water partition coefficient (Wildman–Crippen LogP) is 1.26. The molecular weight excluding hydrogens is 197 g/mol. The number of hydrogen-bond donors (Lipinski definition) is 1. The Morgan fingerprint density at radius 2 is 2.20 bits per heavy atom. The SMILES string of the molecule is Fc1ccc(-c2cc3ncnn3[nH]2)cn1. The van der Waals surface area contributed by atoms with Crippen molar-refractivity contribution in [3.05, 3.63) is 36.7 Å². The molecule has 0 atom stereocenters. The molecule has 74 valence electrons. The van der Waals surface area contributed by atoms with Crippen molar-refractivity contribution in [3.8, 4) is 11.3 Å². The molecule has 3 aromatic heterocycles. The summed E-state index contributed by atoms with van der Waals surface area (Å²) in [6, 6.07) is 4.78. The Balaban J connectivity index is 2.13. The quantitative estimate of drug-likeness (QED) is 0.605. The summed E-state index contributed by atoms with van der Waals surface area (Å²) in [7, 11) is 0. The van der Waals surface area contributed by atoms with Gasteiger partial charge in [0, 0.05) is 17.8 Å². The molecular formula is C9H6FN5. The van der Waals surface area contributed by atoms with Crippen molar-refractivity contribution in [2.45, 2.75) is 0 Å². The van der Waals surface area contributed by atoms with Crippen molar-refractivity contribution < 1.29 is 4.39 Å². The monoisotopic (exact) mass is 203 g/mol. The molecule has 0 aliphatic rings. The minimum Gasteiger partial charge on any atom is -0.276 e. The minimum absolute atomic E-state index is 0.492. The normalized spacial score (nSPS) is 11.0. The van der Waals surface area contributed by atoms with Crippen LogP contribution in [0.4, 0.5) is 4.39 Å². The molecule has 0 spiro atoms. The van der Waals surface area contributed by atoms with Gasteiger partial charge in [-0.1, -0.05) is 0 Å². The first-order valence-corrected chi connectivity index (χ1v) is 4.33. The Hall–Kier alpha value is -2.24. The lowest BCUT2D eigenvalue weighted by Gasteiger charge is -1.94. The van der Waals surface area contributed by atoms with Crippen LogP contribution in [0.2, 0.25) is 0 Å². The van der Waals surface area contributed by atoms with E-state index in [4.69, 9.17) is 0 Å². The third-order valence-electron chi connectivity index (χ3n) is 2.11. The van der Waals surface area contributed by atoms with Crippen molar-refractivity contribution in [2.75, 3.05) is 0 Å². The van der Waals surface area contributed by atoms with Crippen LogP contribution >= 0.6 is 0 Å². The van der Waals surface area contributed by atoms with Gasteiger partial charge in [-0.3, -0.25) is 5.10 Å². The fourth-order valence-corrected chi connectivity index (χ4v) is 1.39. The number of pyridine rings is 1. The Kier molecular flexibility index (Phi) is 1.55. The summed E-state index contributed by atoms with van der Waals surface area (Å²) in [5, 5.41) is 6.93. The average molecular weight is 203 g/mol. The van der Waals surface area contributed by atoms with Gasteiger partial charge >= 0.3 is 0 Å². The number of aromatic amines is 1. The van der Waals surface area contributed by atoms with Crippen molar-refractivity contribution >= 4 is 5.65 Å². The van der Waals surface area contributed by atoms with Crippen LogP contribution in [0, 0.1) is 5.95 Å². The zero-order chi connectivity index (χ0) is 10.3.